The number of nitrogens with zero attached hydrogens (tertiary/aromatic N) is 1. The van der Waals surface area contributed by atoms with Crippen LogP contribution < -0.4 is 5.32 Å². The summed E-state index contributed by atoms with van der Waals surface area (Å²) < 4.78 is 10.9. The average molecular weight is 353 g/mol. The molecule has 2 aromatic heterocycles. The number of halogens is 1. The first-order chi connectivity index (χ1) is 12.1. The molecule has 4 aromatic rings. The minimum atomic E-state index is -0.341. The summed E-state index contributed by atoms with van der Waals surface area (Å²) in [6, 6.07) is 14.1. The Morgan fingerprint density at radius 2 is 2.04 bits per heavy atom. The second-order valence-corrected chi connectivity index (χ2v) is 6.02. The van der Waals surface area contributed by atoms with Crippen molar-refractivity contribution in [3.63, 3.8) is 0 Å². The zero-order valence-corrected chi connectivity index (χ0v) is 14.0. The number of hydrogen-bond donors (Lipinski definition) is 1. The minimum absolute atomic E-state index is 0.230. The van der Waals surface area contributed by atoms with E-state index in [4.69, 9.17) is 20.4 Å². The molecule has 0 saturated heterocycles. The van der Waals surface area contributed by atoms with Crippen LogP contribution in [0.2, 0.25) is 5.02 Å². The Bertz CT molecular complexity index is 1070. The number of oxazole rings is 1. The van der Waals surface area contributed by atoms with Gasteiger partial charge in [0.05, 0.1) is 16.8 Å². The number of hydrogen-bond acceptors (Lipinski definition) is 4. The predicted molar refractivity (Wildman–Crippen MR) is 95.9 cm³/mol. The third-order valence-corrected chi connectivity index (χ3v) is 4.07. The Morgan fingerprint density at radius 1 is 1.16 bits per heavy atom. The largest absolute Gasteiger partial charge is 0.459 e. The van der Waals surface area contributed by atoms with Crippen molar-refractivity contribution in [3.8, 4) is 11.5 Å². The topological polar surface area (TPSA) is 68.3 Å². The normalized spacial score (nSPS) is 11.0. The molecule has 0 atom stereocenters. The fourth-order valence-corrected chi connectivity index (χ4v) is 2.72. The highest BCUT2D eigenvalue weighted by atomic mass is 35.5. The summed E-state index contributed by atoms with van der Waals surface area (Å²) in [7, 11) is 0. The van der Waals surface area contributed by atoms with E-state index in [1.54, 1.807) is 30.3 Å². The van der Waals surface area contributed by atoms with Crippen LogP contribution in [0.5, 0.6) is 0 Å². The lowest BCUT2D eigenvalue weighted by atomic mass is 10.2. The van der Waals surface area contributed by atoms with E-state index in [1.165, 1.54) is 6.26 Å². The summed E-state index contributed by atoms with van der Waals surface area (Å²) in [6.45, 7) is 1.99. The average Bonchev–Trinajstić information content (AvgIpc) is 3.25. The summed E-state index contributed by atoms with van der Waals surface area (Å²) in [4.78, 5) is 16.6. The van der Waals surface area contributed by atoms with E-state index in [-0.39, 0.29) is 11.7 Å². The lowest BCUT2D eigenvalue weighted by molar-refractivity contribution is 0.0996. The van der Waals surface area contributed by atoms with Crippen molar-refractivity contribution in [2.24, 2.45) is 0 Å². The molecule has 1 amide bonds. The molecule has 0 aliphatic rings. The molecule has 0 saturated carbocycles. The molecule has 0 bridgehead atoms. The van der Waals surface area contributed by atoms with Crippen molar-refractivity contribution in [2.75, 3.05) is 5.32 Å². The predicted octanol–water partition coefficient (Wildman–Crippen LogP) is 5.30. The molecule has 0 spiro atoms. The van der Waals surface area contributed by atoms with Crippen LogP contribution in [0.4, 0.5) is 5.69 Å². The van der Waals surface area contributed by atoms with Crippen molar-refractivity contribution >= 4 is 34.3 Å². The van der Waals surface area contributed by atoms with Gasteiger partial charge < -0.3 is 14.2 Å². The number of aryl methyl sites for hydroxylation is 1. The summed E-state index contributed by atoms with van der Waals surface area (Å²) in [5, 5.41) is 3.25. The molecule has 0 fully saturated rings. The van der Waals surface area contributed by atoms with Gasteiger partial charge in [0, 0.05) is 5.69 Å². The molecule has 6 heteroatoms. The molecule has 0 aliphatic heterocycles. The highest BCUT2D eigenvalue weighted by Crippen LogP contribution is 2.32. The number of anilines is 1. The van der Waals surface area contributed by atoms with Gasteiger partial charge in [-0.25, -0.2) is 4.98 Å². The number of furan rings is 1. The van der Waals surface area contributed by atoms with E-state index in [9.17, 15) is 4.79 Å². The zero-order valence-electron chi connectivity index (χ0n) is 13.2. The standard InChI is InChI=1S/C19H13ClN2O3/c1-11-4-7-16-15(9-11)22-19(25-16)13-10-12(5-6-14(13)20)21-18(23)17-3-2-8-24-17/h2-10H,1H3,(H,21,23). The SMILES string of the molecule is Cc1ccc2oc(-c3cc(NC(=O)c4ccco4)ccc3Cl)nc2c1. The maximum absolute atomic E-state index is 12.1. The fourth-order valence-electron chi connectivity index (χ4n) is 2.52. The van der Waals surface area contributed by atoms with Crippen LogP contribution in [0.15, 0.2) is 63.6 Å². The Balaban J connectivity index is 1.70. The van der Waals surface area contributed by atoms with Gasteiger partial charge in [-0.15, -0.1) is 0 Å². The van der Waals surface area contributed by atoms with E-state index in [0.29, 0.717) is 27.7 Å². The number of carbonyl (C=O) groups is 1. The highest BCUT2D eigenvalue weighted by Gasteiger charge is 2.15. The fraction of sp³-hybridized carbons (Fsp3) is 0.0526. The molecule has 5 nitrogen and oxygen atoms in total. The molecule has 0 aliphatic carbocycles. The van der Waals surface area contributed by atoms with Crippen molar-refractivity contribution in [2.45, 2.75) is 6.92 Å². The molecule has 2 heterocycles. The minimum Gasteiger partial charge on any atom is -0.459 e. The van der Waals surface area contributed by atoms with E-state index >= 15 is 0 Å². The summed E-state index contributed by atoms with van der Waals surface area (Å²) in [6.07, 6.45) is 1.45. The molecule has 4 rings (SSSR count). The third-order valence-electron chi connectivity index (χ3n) is 3.74. The molecule has 0 radical (unpaired) electrons. The van der Waals surface area contributed by atoms with Gasteiger partial charge in [-0.3, -0.25) is 4.79 Å². The lowest BCUT2D eigenvalue weighted by Gasteiger charge is -2.06. The van der Waals surface area contributed by atoms with E-state index in [1.807, 2.05) is 25.1 Å². The van der Waals surface area contributed by atoms with E-state index in [0.717, 1.165) is 11.1 Å². The Morgan fingerprint density at radius 3 is 2.84 bits per heavy atom. The number of nitrogens with one attached hydrogen (secondary N) is 1. The Hall–Kier alpha value is -3.05. The van der Waals surface area contributed by atoms with Gasteiger partial charge in [0.2, 0.25) is 5.89 Å². The molecule has 0 unspecified atom stereocenters. The second kappa shape index (κ2) is 6.11. The zero-order chi connectivity index (χ0) is 17.4. The van der Waals surface area contributed by atoms with Gasteiger partial charge in [0.15, 0.2) is 11.3 Å². The van der Waals surface area contributed by atoms with Crippen LogP contribution in [0.1, 0.15) is 16.1 Å². The van der Waals surface area contributed by atoms with Crippen molar-refractivity contribution < 1.29 is 13.6 Å². The van der Waals surface area contributed by atoms with Crippen LogP contribution in [0.3, 0.4) is 0 Å². The van der Waals surface area contributed by atoms with Crippen molar-refractivity contribution in [3.05, 3.63) is 71.1 Å². The molecule has 1 N–H and O–H groups in total. The molecule has 2 aromatic carbocycles. The molecular formula is C19H13ClN2O3. The van der Waals surface area contributed by atoms with Crippen LogP contribution in [-0.2, 0) is 0 Å². The van der Waals surface area contributed by atoms with Gasteiger partial charge in [0.1, 0.15) is 5.52 Å². The first-order valence-electron chi connectivity index (χ1n) is 7.62. The van der Waals surface area contributed by atoms with Gasteiger partial charge in [-0.2, -0.15) is 0 Å². The first kappa shape index (κ1) is 15.5. The van der Waals surface area contributed by atoms with Crippen molar-refractivity contribution in [1.82, 2.24) is 4.98 Å². The monoisotopic (exact) mass is 352 g/mol. The summed E-state index contributed by atoms with van der Waals surface area (Å²) >= 11 is 6.29. The van der Waals surface area contributed by atoms with Gasteiger partial charge in [-0.1, -0.05) is 17.7 Å². The molecule has 25 heavy (non-hydrogen) atoms. The Labute approximate surface area is 148 Å². The van der Waals surface area contributed by atoms with Gasteiger partial charge >= 0.3 is 0 Å². The maximum Gasteiger partial charge on any atom is 0.291 e. The highest BCUT2D eigenvalue weighted by molar-refractivity contribution is 6.33. The summed E-state index contributed by atoms with van der Waals surface area (Å²) in [5.41, 5.74) is 3.71. The number of carbonyl (C=O) groups excluding carboxylic acids is 1. The quantitative estimate of drug-likeness (QED) is 0.543. The first-order valence-corrected chi connectivity index (χ1v) is 8.00. The van der Waals surface area contributed by atoms with Crippen LogP contribution in [-0.4, -0.2) is 10.9 Å². The second-order valence-electron chi connectivity index (χ2n) is 5.62. The van der Waals surface area contributed by atoms with Crippen LogP contribution >= 0.6 is 11.6 Å². The van der Waals surface area contributed by atoms with Crippen LogP contribution in [0, 0.1) is 6.92 Å². The number of amides is 1. The third kappa shape index (κ3) is 3.02. The number of fused-ring (bicyclic) bond motifs is 1. The smallest absolute Gasteiger partial charge is 0.291 e. The Kier molecular flexibility index (Phi) is 3.78. The van der Waals surface area contributed by atoms with Crippen molar-refractivity contribution in [1.29, 1.82) is 0 Å². The molecule has 124 valence electrons. The lowest BCUT2D eigenvalue weighted by Crippen LogP contribution is -2.10. The van der Waals surface area contributed by atoms with E-state index in [2.05, 4.69) is 10.3 Å². The molecular weight excluding hydrogens is 340 g/mol. The number of rotatable bonds is 3. The number of benzene rings is 2. The van der Waals surface area contributed by atoms with Gasteiger partial charge in [-0.05, 0) is 55.0 Å². The maximum atomic E-state index is 12.1. The summed E-state index contributed by atoms with van der Waals surface area (Å²) in [5.74, 6) is 0.292. The van der Waals surface area contributed by atoms with E-state index < -0.39 is 0 Å². The van der Waals surface area contributed by atoms with Crippen LogP contribution in [0.25, 0.3) is 22.6 Å². The van der Waals surface area contributed by atoms with Gasteiger partial charge in [0.25, 0.3) is 5.91 Å². The number of aromatic nitrogens is 1.